The molecule has 2 aliphatic heterocycles. The average molecular weight is 485 g/mol. The Kier molecular flexibility index (Phi) is 7.35. The van der Waals surface area contributed by atoms with Crippen molar-refractivity contribution in [3.63, 3.8) is 0 Å². The first kappa shape index (κ1) is 24.7. The molecule has 9 heteroatoms. The first-order chi connectivity index (χ1) is 16.9. The van der Waals surface area contributed by atoms with E-state index in [0.717, 1.165) is 18.4 Å². The van der Waals surface area contributed by atoms with Gasteiger partial charge in [0.05, 0.1) is 46.5 Å². The zero-order valence-electron chi connectivity index (χ0n) is 20.8. The van der Waals surface area contributed by atoms with Crippen LogP contribution in [0, 0.1) is 0 Å². The second-order valence-corrected chi connectivity index (χ2v) is 8.63. The predicted molar refractivity (Wildman–Crippen MR) is 129 cm³/mol. The van der Waals surface area contributed by atoms with Crippen LogP contribution in [0.4, 0.5) is 0 Å². The highest BCUT2D eigenvalue weighted by atomic mass is 16.5. The SMILES string of the molecule is COc1ccc([C@@H]2[C@@H](C(=O)NC[C@H]3CCCO3)c3cc(OC)c(OC)cc3C(=O)N2C)cc1OC. The summed E-state index contributed by atoms with van der Waals surface area (Å²) in [6.07, 6.45) is 1.88. The number of methoxy groups -OCH3 is 4. The lowest BCUT2D eigenvalue weighted by Gasteiger charge is -2.40. The minimum absolute atomic E-state index is 0.00805. The van der Waals surface area contributed by atoms with Crippen molar-refractivity contribution in [1.82, 2.24) is 10.2 Å². The first-order valence-electron chi connectivity index (χ1n) is 11.6. The molecule has 0 saturated carbocycles. The van der Waals surface area contributed by atoms with Crippen LogP contribution >= 0.6 is 0 Å². The van der Waals surface area contributed by atoms with E-state index in [1.807, 2.05) is 6.07 Å². The van der Waals surface area contributed by atoms with Gasteiger partial charge in [0.2, 0.25) is 5.91 Å². The highest BCUT2D eigenvalue weighted by Gasteiger charge is 2.44. The largest absolute Gasteiger partial charge is 0.493 e. The molecular weight excluding hydrogens is 452 g/mol. The van der Waals surface area contributed by atoms with Crippen LogP contribution in [0.1, 0.15) is 46.3 Å². The smallest absolute Gasteiger partial charge is 0.254 e. The Labute approximate surface area is 205 Å². The summed E-state index contributed by atoms with van der Waals surface area (Å²) in [4.78, 5) is 28.8. The van der Waals surface area contributed by atoms with Crippen LogP contribution in [0.2, 0.25) is 0 Å². The molecule has 9 nitrogen and oxygen atoms in total. The number of ether oxygens (including phenoxy) is 5. The number of hydrogen-bond acceptors (Lipinski definition) is 7. The highest BCUT2D eigenvalue weighted by molar-refractivity contribution is 6.02. The van der Waals surface area contributed by atoms with E-state index in [1.54, 1.807) is 50.4 Å². The van der Waals surface area contributed by atoms with Gasteiger partial charge in [0.25, 0.3) is 5.91 Å². The van der Waals surface area contributed by atoms with E-state index in [-0.39, 0.29) is 17.9 Å². The number of fused-ring (bicyclic) bond motifs is 1. The van der Waals surface area contributed by atoms with Gasteiger partial charge in [0.1, 0.15) is 0 Å². The molecule has 35 heavy (non-hydrogen) atoms. The fraction of sp³-hybridized carbons (Fsp3) is 0.462. The zero-order chi connectivity index (χ0) is 25.1. The lowest BCUT2D eigenvalue weighted by molar-refractivity contribution is -0.124. The number of hydrogen-bond donors (Lipinski definition) is 1. The van der Waals surface area contributed by atoms with Gasteiger partial charge < -0.3 is 33.9 Å². The number of likely N-dealkylation sites (N-methyl/N-ethyl adjacent to an activating group) is 1. The second-order valence-electron chi connectivity index (χ2n) is 8.63. The number of nitrogens with zero attached hydrogens (tertiary/aromatic N) is 1. The van der Waals surface area contributed by atoms with Gasteiger partial charge in [-0.3, -0.25) is 9.59 Å². The molecular formula is C26H32N2O7. The quantitative estimate of drug-likeness (QED) is 0.616. The molecule has 4 rings (SSSR count). The number of carbonyl (C=O) groups excluding carboxylic acids is 2. The number of benzene rings is 2. The molecule has 2 aliphatic rings. The summed E-state index contributed by atoms with van der Waals surface area (Å²) in [6.45, 7) is 1.11. The third-order valence-corrected chi connectivity index (χ3v) is 6.73. The van der Waals surface area contributed by atoms with Crippen molar-refractivity contribution in [3.05, 3.63) is 47.0 Å². The minimum Gasteiger partial charge on any atom is -0.493 e. The molecule has 1 fully saturated rings. The summed E-state index contributed by atoms with van der Waals surface area (Å²) in [6, 6.07) is 8.21. The van der Waals surface area contributed by atoms with E-state index >= 15 is 0 Å². The average Bonchev–Trinajstić information content (AvgIpc) is 3.41. The van der Waals surface area contributed by atoms with Gasteiger partial charge in [0, 0.05) is 25.8 Å². The molecule has 2 aromatic rings. The van der Waals surface area contributed by atoms with Crippen LogP contribution < -0.4 is 24.3 Å². The number of carbonyl (C=O) groups is 2. The molecule has 0 spiro atoms. The van der Waals surface area contributed by atoms with Crippen molar-refractivity contribution in [3.8, 4) is 23.0 Å². The Hall–Kier alpha value is -3.46. The number of nitrogens with one attached hydrogen (secondary N) is 1. The predicted octanol–water partition coefficient (Wildman–Crippen LogP) is 2.93. The highest BCUT2D eigenvalue weighted by Crippen LogP contribution is 2.46. The Morgan fingerprint density at radius 1 is 1.00 bits per heavy atom. The fourth-order valence-electron chi connectivity index (χ4n) is 4.91. The lowest BCUT2D eigenvalue weighted by Crippen LogP contribution is -2.46. The van der Waals surface area contributed by atoms with E-state index in [2.05, 4.69) is 5.32 Å². The van der Waals surface area contributed by atoms with Crippen LogP contribution in [-0.2, 0) is 9.53 Å². The van der Waals surface area contributed by atoms with Crippen LogP contribution in [0.3, 0.4) is 0 Å². The molecule has 0 aromatic heterocycles. The number of rotatable bonds is 8. The molecule has 0 unspecified atom stereocenters. The van der Waals surface area contributed by atoms with E-state index in [0.29, 0.717) is 47.3 Å². The van der Waals surface area contributed by atoms with Gasteiger partial charge >= 0.3 is 0 Å². The second kappa shape index (κ2) is 10.4. The topological polar surface area (TPSA) is 95.6 Å². The van der Waals surface area contributed by atoms with Crippen molar-refractivity contribution < 1.29 is 33.3 Å². The van der Waals surface area contributed by atoms with Crippen molar-refractivity contribution in [2.45, 2.75) is 30.9 Å². The summed E-state index contributed by atoms with van der Waals surface area (Å²) in [7, 11) is 7.85. The fourth-order valence-corrected chi connectivity index (χ4v) is 4.91. The Morgan fingerprint density at radius 2 is 1.66 bits per heavy atom. The van der Waals surface area contributed by atoms with Crippen LogP contribution in [0.15, 0.2) is 30.3 Å². The van der Waals surface area contributed by atoms with E-state index in [4.69, 9.17) is 23.7 Å². The van der Waals surface area contributed by atoms with Gasteiger partial charge in [-0.15, -0.1) is 0 Å². The van der Waals surface area contributed by atoms with Gasteiger partial charge in [-0.1, -0.05) is 6.07 Å². The summed E-state index contributed by atoms with van der Waals surface area (Å²) in [5.74, 6) is 0.835. The third-order valence-electron chi connectivity index (χ3n) is 6.73. The lowest BCUT2D eigenvalue weighted by atomic mass is 9.79. The molecule has 3 atom stereocenters. The van der Waals surface area contributed by atoms with Gasteiger partial charge in [-0.05, 0) is 48.2 Å². The normalized spacial score (nSPS) is 21.3. The van der Waals surface area contributed by atoms with Crippen molar-refractivity contribution in [2.24, 2.45) is 0 Å². The number of amides is 2. The van der Waals surface area contributed by atoms with Crippen molar-refractivity contribution >= 4 is 11.8 Å². The summed E-state index contributed by atoms with van der Waals surface area (Å²) >= 11 is 0. The van der Waals surface area contributed by atoms with E-state index in [9.17, 15) is 9.59 Å². The maximum absolute atomic E-state index is 13.8. The van der Waals surface area contributed by atoms with Crippen LogP contribution in [-0.4, -0.2) is 71.5 Å². The molecule has 0 bridgehead atoms. The first-order valence-corrected chi connectivity index (χ1v) is 11.6. The summed E-state index contributed by atoms with van der Waals surface area (Å²) < 4.78 is 27.5. The molecule has 2 heterocycles. The van der Waals surface area contributed by atoms with Gasteiger partial charge in [-0.2, -0.15) is 0 Å². The molecule has 0 aliphatic carbocycles. The van der Waals surface area contributed by atoms with Crippen LogP contribution in [0.5, 0.6) is 23.0 Å². The van der Waals surface area contributed by atoms with Crippen LogP contribution in [0.25, 0.3) is 0 Å². The molecule has 1 N–H and O–H groups in total. The molecule has 2 aromatic carbocycles. The maximum Gasteiger partial charge on any atom is 0.254 e. The molecule has 0 radical (unpaired) electrons. The van der Waals surface area contributed by atoms with Gasteiger partial charge in [0.15, 0.2) is 23.0 Å². The van der Waals surface area contributed by atoms with E-state index < -0.39 is 12.0 Å². The Morgan fingerprint density at radius 3 is 2.29 bits per heavy atom. The summed E-state index contributed by atoms with van der Waals surface area (Å²) in [5.41, 5.74) is 1.73. The van der Waals surface area contributed by atoms with Crippen molar-refractivity contribution in [1.29, 1.82) is 0 Å². The van der Waals surface area contributed by atoms with Crippen molar-refractivity contribution in [2.75, 3.05) is 48.6 Å². The monoisotopic (exact) mass is 484 g/mol. The zero-order valence-corrected chi connectivity index (χ0v) is 20.8. The Balaban J connectivity index is 1.82. The standard InChI is InChI=1S/C26H32N2O7/c1-28-24(15-8-9-19(31-2)20(11-15)32-3)23(25(29)27-14-16-7-6-10-35-16)17-12-21(33-4)22(34-5)13-18(17)26(28)30/h8-9,11-13,16,23-24H,6-7,10,14H2,1-5H3,(H,27,29)/t16-,23+,24-/m1/s1. The maximum atomic E-state index is 13.8. The van der Waals surface area contributed by atoms with Gasteiger partial charge in [-0.25, -0.2) is 0 Å². The summed E-state index contributed by atoms with van der Waals surface area (Å²) in [5, 5.41) is 3.06. The Bertz CT molecular complexity index is 1100. The molecule has 1 saturated heterocycles. The van der Waals surface area contributed by atoms with E-state index in [1.165, 1.54) is 14.2 Å². The minimum atomic E-state index is -0.702. The molecule has 2 amide bonds. The third kappa shape index (κ3) is 4.60. The molecule has 188 valence electrons.